The molecular weight excluding hydrogens is 453 g/mol. The summed E-state index contributed by atoms with van der Waals surface area (Å²) in [5, 5.41) is 0. The average molecular weight is 497 g/mol. The average Bonchev–Trinajstić information content (AvgIpc) is 3.18. The van der Waals surface area contributed by atoms with Gasteiger partial charge in [0, 0.05) is 0 Å². The van der Waals surface area contributed by atoms with E-state index in [0.717, 1.165) is 22.2 Å². The summed E-state index contributed by atoms with van der Waals surface area (Å²) in [6, 6.07) is 4.26. The van der Waals surface area contributed by atoms with Crippen LogP contribution in [0.25, 0.3) is 11.0 Å². The Hall–Kier alpha value is -1.41. The van der Waals surface area contributed by atoms with E-state index < -0.39 is 16.1 Å². The summed E-state index contributed by atoms with van der Waals surface area (Å²) in [5.41, 5.74) is 15.2. The first-order chi connectivity index (χ1) is 15.3. The molecule has 33 heavy (non-hydrogen) atoms. The van der Waals surface area contributed by atoms with Gasteiger partial charge >= 0.3 is 0 Å². The Balaban J connectivity index is 2.64. The van der Waals surface area contributed by atoms with Crippen LogP contribution in [0.4, 0.5) is 0 Å². The number of fused-ring (bicyclic) bond motifs is 1. The van der Waals surface area contributed by atoms with Gasteiger partial charge in [-0.1, -0.05) is 94.9 Å². The number of nitrogens with zero attached hydrogens (tertiary/aromatic N) is 2. The summed E-state index contributed by atoms with van der Waals surface area (Å²) in [4.78, 5) is 0. The SMILES string of the molecule is CC(C)[Si](C#Cc1ccc(C#C[Si](C(C)C)(C(C)C)C(C)C)c2nsnc12)(C(C)C)C(C)C. The van der Waals surface area contributed by atoms with Crippen molar-refractivity contribution in [1.82, 2.24) is 8.75 Å². The molecule has 0 N–H and O–H groups in total. The highest BCUT2D eigenvalue weighted by atomic mass is 32.1. The topological polar surface area (TPSA) is 25.8 Å². The number of hydrogen-bond acceptors (Lipinski definition) is 3. The second-order valence-corrected chi connectivity index (χ2v) is 23.1. The molecule has 1 aromatic heterocycles. The molecule has 0 atom stereocenters. The lowest BCUT2D eigenvalue weighted by atomic mass is 10.1. The zero-order valence-electron chi connectivity index (χ0n) is 22.9. The Kier molecular flexibility index (Phi) is 9.19. The molecule has 0 bridgehead atoms. The van der Waals surface area contributed by atoms with Gasteiger partial charge in [0.2, 0.25) is 0 Å². The smallest absolute Gasteiger partial charge is 0.146 e. The Morgan fingerprint density at radius 2 is 0.818 bits per heavy atom. The van der Waals surface area contributed by atoms with Gasteiger partial charge < -0.3 is 0 Å². The Morgan fingerprint density at radius 1 is 0.545 bits per heavy atom. The van der Waals surface area contributed by atoms with Crippen molar-refractivity contribution < 1.29 is 0 Å². The van der Waals surface area contributed by atoms with Crippen molar-refractivity contribution >= 4 is 38.9 Å². The molecule has 1 aromatic carbocycles. The van der Waals surface area contributed by atoms with Gasteiger partial charge in [-0.2, -0.15) is 8.75 Å². The van der Waals surface area contributed by atoms with Crippen molar-refractivity contribution in [3.05, 3.63) is 23.3 Å². The fourth-order valence-corrected chi connectivity index (χ4v) is 17.3. The van der Waals surface area contributed by atoms with Gasteiger partial charge in [-0.25, -0.2) is 0 Å². The highest BCUT2D eigenvalue weighted by molar-refractivity contribution is 7.00. The van der Waals surface area contributed by atoms with Crippen LogP contribution in [0, 0.1) is 22.9 Å². The van der Waals surface area contributed by atoms with Gasteiger partial charge in [0.1, 0.15) is 27.2 Å². The predicted octanol–water partition coefficient (Wildman–Crippen LogP) is 8.83. The largest absolute Gasteiger partial charge is 0.172 e. The van der Waals surface area contributed by atoms with E-state index in [0.29, 0.717) is 33.2 Å². The fraction of sp³-hybridized carbons (Fsp3) is 0.643. The van der Waals surface area contributed by atoms with Gasteiger partial charge in [0.15, 0.2) is 0 Å². The van der Waals surface area contributed by atoms with Gasteiger partial charge in [0.05, 0.1) is 22.9 Å². The van der Waals surface area contributed by atoms with Gasteiger partial charge in [-0.15, -0.1) is 11.1 Å². The van der Waals surface area contributed by atoms with E-state index in [-0.39, 0.29) is 0 Å². The molecule has 2 rings (SSSR count). The molecule has 0 spiro atoms. The molecule has 0 radical (unpaired) electrons. The Labute approximate surface area is 209 Å². The molecule has 0 saturated carbocycles. The summed E-state index contributed by atoms with van der Waals surface area (Å²) >= 11 is 1.27. The maximum atomic E-state index is 4.65. The first-order valence-corrected chi connectivity index (χ1v) is 17.8. The van der Waals surface area contributed by atoms with E-state index in [1.165, 1.54) is 11.7 Å². The van der Waals surface area contributed by atoms with E-state index in [2.05, 4.69) is 127 Å². The van der Waals surface area contributed by atoms with E-state index >= 15 is 0 Å². The molecular formula is C28H44N2SSi2. The van der Waals surface area contributed by atoms with Gasteiger partial charge in [-0.3, -0.25) is 0 Å². The summed E-state index contributed by atoms with van der Waals surface area (Å²) in [5.74, 6) is 7.18. The van der Waals surface area contributed by atoms with Crippen molar-refractivity contribution in [3.63, 3.8) is 0 Å². The molecule has 180 valence electrons. The molecule has 0 fully saturated rings. The zero-order chi connectivity index (χ0) is 25.1. The number of rotatable bonds is 6. The highest BCUT2D eigenvalue weighted by Crippen LogP contribution is 2.42. The minimum atomic E-state index is -1.80. The van der Waals surface area contributed by atoms with Gasteiger partial charge in [-0.05, 0) is 45.4 Å². The van der Waals surface area contributed by atoms with Crippen LogP contribution < -0.4 is 0 Å². The predicted molar refractivity (Wildman–Crippen MR) is 153 cm³/mol. The second-order valence-electron chi connectivity index (χ2n) is 11.4. The number of aromatic nitrogens is 2. The minimum absolute atomic E-state index is 0.611. The molecule has 0 aliphatic carbocycles. The quantitative estimate of drug-likeness (QED) is 0.295. The summed E-state index contributed by atoms with van der Waals surface area (Å²) < 4.78 is 9.30. The van der Waals surface area contributed by atoms with Crippen LogP contribution in [0.3, 0.4) is 0 Å². The normalized spacial score (nSPS) is 12.8. The molecule has 0 aliphatic rings. The lowest BCUT2D eigenvalue weighted by Crippen LogP contribution is -2.43. The third kappa shape index (κ3) is 5.16. The minimum Gasteiger partial charge on any atom is -0.172 e. The molecule has 0 amide bonds. The van der Waals surface area contributed by atoms with E-state index in [4.69, 9.17) is 0 Å². The molecule has 5 heteroatoms. The van der Waals surface area contributed by atoms with E-state index in [9.17, 15) is 0 Å². The molecule has 1 heterocycles. The van der Waals surface area contributed by atoms with Gasteiger partial charge in [0.25, 0.3) is 0 Å². The second kappa shape index (κ2) is 10.9. The van der Waals surface area contributed by atoms with Crippen LogP contribution in [0.5, 0.6) is 0 Å². The lowest BCUT2D eigenvalue weighted by molar-refractivity contribution is 0.838. The van der Waals surface area contributed by atoms with Crippen molar-refractivity contribution in [2.45, 2.75) is 116 Å². The van der Waals surface area contributed by atoms with Crippen molar-refractivity contribution in [3.8, 4) is 22.9 Å². The van der Waals surface area contributed by atoms with Crippen molar-refractivity contribution in [1.29, 1.82) is 0 Å². The first kappa shape index (κ1) is 27.8. The number of benzene rings is 1. The van der Waals surface area contributed by atoms with E-state index in [1.54, 1.807) is 0 Å². The van der Waals surface area contributed by atoms with Crippen LogP contribution in [0.1, 0.15) is 94.2 Å². The fourth-order valence-electron chi connectivity index (χ4n) is 6.29. The Morgan fingerprint density at radius 3 is 1.06 bits per heavy atom. The van der Waals surface area contributed by atoms with Crippen molar-refractivity contribution in [2.75, 3.05) is 0 Å². The summed E-state index contributed by atoms with van der Waals surface area (Å²) in [6.45, 7) is 28.3. The maximum absolute atomic E-state index is 4.65. The van der Waals surface area contributed by atoms with Crippen molar-refractivity contribution in [2.24, 2.45) is 0 Å². The standard InChI is InChI=1S/C28H44N2SSi2/c1-19(2)32(20(3)4,21(5)6)17-15-25-13-14-26(28-27(25)29-31-30-28)16-18-33(22(7)8,23(9)10)24(11)12/h13-14,19-24H,1-12H3. The molecule has 0 saturated heterocycles. The van der Waals surface area contributed by atoms with E-state index in [1.807, 2.05) is 0 Å². The van der Waals surface area contributed by atoms with Crippen LogP contribution >= 0.6 is 11.7 Å². The molecule has 2 aromatic rings. The third-order valence-corrected chi connectivity index (χ3v) is 21.1. The molecule has 0 unspecified atom stereocenters. The Bertz CT molecular complexity index is 944. The molecule has 2 nitrogen and oxygen atoms in total. The monoisotopic (exact) mass is 496 g/mol. The van der Waals surface area contributed by atoms with Crippen LogP contribution in [-0.2, 0) is 0 Å². The van der Waals surface area contributed by atoms with Crippen LogP contribution in [0.15, 0.2) is 12.1 Å². The first-order valence-electron chi connectivity index (χ1n) is 12.6. The lowest BCUT2D eigenvalue weighted by Gasteiger charge is -2.38. The zero-order valence-corrected chi connectivity index (χ0v) is 25.7. The van der Waals surface area contributed by atoms with Crippen LogP contribution in [-0.4, -0.2) is 24.9 Å². The summed E-state index contributed by atoms with van der Waals surface area (Å²) in [6.07, 6.45) is 0. The number of hydrogen-bond donors (Lipinski definition) is 0. The third-order valence-electron chi connectivity index (χ3n) is 7.97. The maximum Gasteiger partial charge on any atom is 0.146 e. The highest BCUT2D eigenvalue weighted by Gasteiger charge is 2.42. The molecule has 0 aliphatic heterocycles. The van der Waals surface area contributed by atoms with Crippen LogP contribution in [0.2, 0.25) is 33.2 Å². The summed E-state index contributed by atoms with van der Waals surface area (Å²) in [7, 11) is -3.59.